The number of anilines is 1. The number of carboxylic acids is 1. The first-order chi connectivity index (χ1) is 7.61. The fraction of sp³-hybridized carbons (Fsp3) is 0.444. The molecule has 0 spiro atoms. The number of amides is 2. The Kier molecular flexibility index (Phi) is 4.71. The number of urea groups is 1. The second kappa shape index (κ2) is 6.06. The summed E-state index contributed by atoms with van der Waals surface area (Å²) in [5, 5.41) is 13.8. The third kappa shape index (κ3) is 4.26. The number of nitrogens with zero attached hydrogens (tertiary/aromatic N) is 1. The van der Waals surface area contributed by atoms with Gasteiger partial charge in [-0.05, 0) is 6.42 Å². The Morgan fingerprint density at radius 1 is 1.56 bits per heavy atom. The molecule has 1 aromatic heterocycles. The second-order valence-corrected chi connectivity index (χ2v) is 4.13. The van der Waals surface area contributed by atoms with E-state index in [2.05, 4.69) is 15.6 Å². The van der Waals surface area contributed by atoms with Gasteiger partial charge in [-0.3, -0.25) is 10.1 Å². The van der Waals surface area contributed by atoms with Crippen molar-refractivity contribution in [2.24, 2.45) is 0 Å². The maximum absolute atomic E-state index is 11.2. The highest BCUT2D eigenvalue weighted by atomic mass is 32.1. The van der Waals surface area contributed by atoms with Crippen LogP contribution < -0.4 is 10.6 Å². The van der Waals surface area contributed by atoms with Crippen LogP contribution in [0.3, 0.4) is 0 Å². The molecule has 1 heterocycles. The molecule has 0 saturated heterocycles. The van der Waals surface area contributed by atoms with Crippen molar-refractivity contribution in [3.8, 4) is 0 Å². The second-order valence-electron chi connectivity index (χ2n) is 3.01. The zero-order chi connectivity index (χ0) is 12.0. The molecule has 2 amide bonds. The standard InChI is InChI=1S/C9H13N3O3S/c1-2-6-5-11-9(16-6)12-8(15)10-4-3-7(13)14/h5H,2-4H2,1H3,(H,13,14)(H2,10,11,12,15). The van der Waals surface area contributed by atoms with Gasteiger partial charge < -0.3 is 10.4 Å². The van der Waals surface area contributed by atoms with Crippen LogP contribution in [0.1, 0.15) is 18.2 Å². The molecule has 0 aliphatic heterocycles. The van der Waals surface area contributed by atoms with Crippen LogP contribution in [0, 0.1) is 0 Å². The van der Waals surface area contributed by atoms with E-state index in [1.807, 2.05) is 6.92 Å². The van der Waals surface area contributed by atoms with Crippen molar-refractivity contribution in [3.05, 3.63) is 11.1 Å². The molecular weight excluding hydrogens is 230 g/mol. The Morgan fingerprint density at radius 3 is 2.88 bits per heavy atom. The number of aryl methyl sites for hydroxylation is 1. The van der Waals surface area contributed by atoms with Crippen LogP contribution in [0.5, 0.6) is 0 Å². The molecule has 0 aliphatic rings. The molecule has 0 aromatic carbocycles. The van der Waals surface area contributed by atoms with Gasteiger partial charge >= 0.3 is 12.0 Å². The highest BCUT2D eigenvalue weighted by molar-refractivity contribution is 7.15. The van der Waals surface area contributed by atoms with Crippen LogP contribution in [0.4, 0.5) is 9.93 Å². The van der Waals surface area contributed by atoms with E-state index in [9.17, 15) is 9.59 Å². The zero-order valence-electron chi connectivity index (χ0n) is 8.82. The first-order valence-corrected chi connectivity index (χ1v) is 5.64. The van der Waals surface area contributed by atoms with E-state index in [-0.39, 0.29) is 13.0 Å². The smallest absolute Gasteiger partial charge is 0.321 e. The molecule has 3 N–H and O–H groups in total. The average Bonchev–Trinajstić information content (AvgIpc) is 2.65. The van der Waals surface area contributed by atoms with Gasteiger partial charge in [0.25, 0.3) is 0 Å². The summed E-state index contributed by atoms with van der Waals surface area (Å²) in [5.74, 6) is -0.942. The van der Waals surface area contributed by atoms with Gasteiger partial charge in [-0.1, -0.05) is 6.92 Å². The summed E-state index contributed by atoms with van der Waals surface area (Å²) in [6, 6.07) is -0.432. The molecule has 0 atom stereocenters. The fourth-order valence-corrected chi connectivity index (χ4v) is 1.70. The number of hydrogen-bond acceptors (Lipinski definition) is 4. The summed E-state index contributed by atoms with van der Waals surface area (Å²) in [4.78, 5) is 26.5. The third-order valence-electron chi connectivity index (χ3n) is 1.75. The molecule has 0 saturated carbocycles. The first kappa shape index (κ1) is 12.4. The van der Waals surface area contributed by atoms with Gasteiger partial charge in [0.2, 0.25) is 0 Å². The molecule has 0 aliphatic carbocycles. The van der Waals surface area contributed by atoms with E-state index in [4.69, 9.17) is 5.11 Å². The Hall–Kier alpha value is -1.63. The molecule has 88 valence electrons. The molecule has 0 fully saturated rings. The number of aromatic nitrogens is 1. The highest BCUT2D eigenvalue weighted by Crippen LogP contribution is 2.17. The lowest BCUT2D eigenvalue weighted by Crippen LogP contribution is -2.30. The normalized spacial score (nSPS) is 9.81. The summed E-state index contributed by atoms with van der Waals surface area (Å²) in [7, 11) is 0. The van der Waals surface area contributed by atoms with Crippen LogP contribution in [0.25, 0.3) is 0 Å². The molecule has 16 heavy (non-hydrogen) atoms. The van der Waals surface area contributed by atoms with E-state index in [1.54, 1.807) is 6.20 Å². The van der Waals surface area contributed by atoms with Crippen molar-refractivity contribution in [1.82, 2.24) is 10.3 Å². The van der Waals surface area contributed by atoms with Crippen LogP contribution in [0.15, 0.2) is 6.20 Å². The van der Waals surface area contributed by atoms with E-state index in [0.29, 0.717) is 5.13 Å². The summed E-state index contributed by atoms with van der Waals surface area (Å²) in [5.41, 5.74) is 0. The number of nitrogens with one attached hydrogen (secondary N) is 2. The van der Waals surface area contributed by atoms with Gasteiger partial charge in [-0.2, -0.15) is 0 Å². The van der Waals surface area contributed by atoms with Gasteiger partial charge in [0.1, 0.15) is 0 Å². The average molecular weight is 243 g/mol. The number of aliphatic carboxylic acids is 1. The fourth-order valence-electron chi connectivity index (χ4n) is 0.953. The number of carbonyl (C=O) groups is 2. The Morgan fingerprint density at radius 2 is 2.31 bits per heavy atom. The molecule has 1 rings (SSSR count). The lowest BCUT2D eigenvalue weighted by molar-refractivity contribution is -0.136. The van der Waals surface area contributed by atoms with Crippen molar-refractivity contribution >= 4 is 28.5 Å². The lowest BCUT2D eigenvalue weighted by Gasteiger charge is -2.02. The van der Waals surface area contributed by atoms with Crippen molar-refractivity contribution < 1.29 is 14.7 Å². The first-order valence-electron chi connectivity index (χ1n) is 4.83. The summed E-state index contributed by atoms with van der Waals surface area (Å²) >= 11 is 1.40. The lowest BCUT2D eigenvalue weighted by atomic mass is 10.4. The topological polar surface area (TPSA) is 91.3 Å². The molecule has 0 bridgehead atoms. The summed E-state index contributed by atoms with van der Waals surface area (Å²) in [6.45, 7) is 2.11. The number of thiazole rings is 1. The van der Waals surface area contributed by atoms with Gasteiger partial charge in [0, 0.05) is 17.6 Å². The summed E-state index contributed by atoms with van der Waals surface area (Å²) in [6.07, 6.45) is 2.49. The maximum atomic E-state index is 11.2. The monoisotopic (exact) mass is 243 g/mol. The molecular formula is C9H13N3O3S. The Labute approximate surface area is 96.7 Å². The van der Waals surface area contributed by atoms with Crippen molar-refractivity contribution in [1.29, 1.82) is 0 Å². The predicted octanol–water partition coefficient (Wildman–Crippen LogP) is 1.30. The van der Waals surface area contributed by atoms with Gasteiger partial charge in [-0.25, -0.2) is 9.78 Å². The maximum Gasteiger partial charge on any atom is 0.321 e. The molecule has 7 heteroatoms. The summed E-state index contributed by atoms with van der Waals surface area (Å²) < 4.78 is 0. The minimum Gasteiger partial charge on any atom is -0.481 e. The van der Waals surface area contributed by atoms with E-state index < -0.39 is 12.0 Å². The number of rotatable bonds is 5. The number of carboxylic acid groups (broad SMARTS) is 1. The number of hydrogen-bond donors (Lipinski definition) is 3. The highest BCUT2D eigenvalue weighted by Gasteiger charge is 2.05. The van der Waals surface area contributed by atoms with Crippen LogP contribution in [0.2, 0.25) is 0 Å². The van der Waals surface area contributed by atoms with E-state index in [1.165, 1.54) is 11.3 Å². The SMILES string of the molecule is CCc1cnc(NC(=O)NCCC(=O)O)s1. The largest absolute Gasteiger partial charge is 0.481 e. The minimum absolute atomic E-state index is 0.0918. The minimum atomic E-state index is -0.942. The Bertz CT molecular complexity index is 378. The van der Waals surface area contributed by atoms with Gasteiger partial charge in [0.05, 0.1) is 6.42 Å². The van der Waals surface area contributed by atoms with Crippen molar-refractivity contribution in [2.75, 3.05) is 11.9 Å². The van der Waals surface area contributed by atoms with Crippen LogP contribution in [-0.4, -0.2) is 28.6 Å². The Balaban J connectivity index is 2.31. The predicted molar refractivity (Wildman–Crippen MR) is 60.8 cm³/mol. The zero-order valence-corrected chi connectivity index (χ0v) is 9.63. The van der Waals surface area contributed by atoms with Gasteiger partial charge in [-0.15, -0.1) is 11.3 Å². The van der Waals surface area contributed by atoms with E-state index >= 15 is 0 Å². The number of carbonyl (C=O) groups excluding carboxylic acids is 1. The van der Waals surface area contributed by atoms with Gasteiger partial charge in [0.15, 0.2) is 5.13 Å². The molecule has 1 aromatic rings. The van der Waals surface area contributed by atoms with Crippen molar-refractivity contribution in [2.45, 2.75) is 19.8 Å². The quantitative estimate of drug-likeness (QED) is 0.727. The molecule has 0 unspecified atom stereocenters. The van der Waals surface area contributed by atoms with Crippen molar-refractivity contribution in [3.63, 3.8) is 0 Å². The third-order valence-corrected chi connectivity index (χ3v) is 2.80. The van der Waals surface area contributed by atoms with Crippen LogP contribution >= 0.6 is 11.3 Å². The molecule has 0 radical (unpaired) electrons. The van der Waals surface area contributed by atoms with Crippen LogP contribution in [-0.2, 0) is 11.2 Å². The van der Waals surface area contributed by atoms with E-state index in [0.717, 1.165) is 11.3 Å². The molecule has 6 nitrogen and oxygen atoms in total.